The lowest BCUT2D eigenvalue weighted by Crippen LogP contribution is -2.32. The quantitative estimate of drug-likeness (QED) is 0.495. The molecule has 0 bridgehead atoms. The second kappa shape index (κ2) is 9.10. The fraction of sp³-hybridized carbons (Fsp3) is 0.435. The van der Waals surface area contributed by atoms with E-state index in [4.69, 9.17) is 4.74 Å². The third-order valence-corrected chi connectivity index (χ3v) is 6.40. The number of Topliss-reactive ketones (excluding diaryl/α,β-unsaturated/α-hetero) is 1. The molecule has 2 heterocycles. The molecule has 1 aromatic carbocycles. The first-order chi connectivity index (χ1) is 14.3. The lowest BCUT2D eigenvalue weighted by Gasteiger charge is -2.27. The molecule has 2 aromatic rings. The maximum Gasteiger partial charge on any atom is 0.290 e. The molecule has 1 aliphatic heterocycles. The van der Waals surface area contributed by atoms with E-state index in [0.717, 1.165) is 10.6 Å². The van der Waals surface area contributed by atoms with Crippen LogP contribution in [0.15, 0.2) is 35.6 Å². The van der Waals surface area contributed by atoms with Gasteiger partial charge in [0.15, 0.2) is 5.76 Å². The summed E-state index contributed by atoms with van der Waals surface area (Å²) in [5.41, 5.74) is 2.71. The van der Waals surface area contributed by atoms with Gasteiger partial charge in [0.05, 0.1) is 27.2 Å². The molecule has 0 fully saturated rings. The van der Waals surface area contributed by atoms with Crippen molar-refractivity contribution in [3.05, 3.63) is 62.3 Å². The van der Waals surface area contributed by atoms with Crippen molar-refractivity contribution < 1.29 is 19.4 Å². The fourth-order valence-electron chi connectivity index (χ4n) is 3.77. The molecule has 1 amide bonds. The maximum absolute atomic E-state index is 13.4. The summed E-state index contributed by atoms with van der Waals surface area (Å²) in [6.07, 6.45) is 0.607. The van der Waals surface area contributed by atoms with Gasteiger partial charge in [-0.15, -0.1) is 11.3 Å². The van der Waals surface area contributed by atoms with Crippen molar-refractivity contribution in [2.45, 2.75) is 46.1 Å². The number of aryl methyl sites for hydroxylation is 2. The lowest BCUT2D eigenvalue weighted by molar-refractivity contribution is -0.129. The molecule has 0 spiro atoms. The average molecular weight is 429 g/mol. The maximum atomic E-state index is 13.4. The number of aliphatic hydroxyl groups is 1. The molecule has 30 heavy (non-hydrogen) atoms. The van der Waals surface area contributed by atoms with E-state index in [9.17, 15) is 14.7 Å². The first-order valence-corrected chi connectivity index (χ1v) is 10.9. The number of aromatic nitrogens is 1. The Balaban J connectivity index is 2.05. The normalized spacial score (nSPS) is 16.8. The molecule has 0 saturated carbocycles. The van der Waals surface area contributed by atoms with Gasteiger partial charge < -0.3 is 14.7 Å². The minimum Gasteiger partial charge on any atom is -0.503 e. The predicted molar refractivity (Wildman–Crippen MR) is 117 cm³/mol. The molecule has 1 N–H and O–H groups in total. The molecule has 1 aromatic heterocycles. The SMILES string of the molecule is COCCCN1C(=O)C(O)=C(C(=O)c2sc(C)nc2C)C1c1ccc(C(C)C)cc1. The molecular weight excluding hydrogens is 400 g/mol. The van der Waals surface area contributed by atoms with Crippen molar-refractivity contribution in [2.75, 3.05) is 20.3 Å². The van der Waals surface area contributed by atoms with Crippen LogP contribution >= 0.6 is 11.3 Å². The zero-order valence-electron chi connectivity index (χ0n) is 18.1. The highest BCUT2D eigenvalue weighted by Crippen LogP contribution is 2.40. The van der Waals surface area contributed by atoms with E-state index < -0.39 is 17.7 Å². The van der Waals surface area contributed by atoms with E-state index in [1.807, 2.05) is 31.2 Å². The van der Waals surface area contributed by atoms with Gasteiger partial charge in [-0.2, -0.15) is 0 Å². The van der Waals surface area contributed by atoms with Crippen LogP contribution in [-0.2, 0) is 9.53 Å². The number of thiazole rings is 1. The average Bonchev–Trinajstić information content (AvgIpc) is 3.18. The Kier molecular flexibility index (Phi) is 6.73. The van der Waals surface area contributed by atoms with Crippen LogP contribution in [0.25, 0.3) is 0 Å². The van der Waals surface area contributed by atoms with Crippen LogP contribution in [0.1, 0.15) is 63.7 Å². The number of ether oxygens (including phenoxy) is 1. The third-order valence-electron chi connectivity index (χ3n) is 5.32. The van der Waals surface area contributed by atoms with Crippen LogP contribution in [0.5, 0.6) is 0 Å². The lowest BCUT2D eigenvalue weighted by atomic mass is 9.93. The number of benzene rings is 1. The molecule has 3 rings (SSSR count). The van der Waals surface area contributed by atoms with Crippen LogP contribution in [0, 0.1) is 13.8 Å². The van der Waals surface area contributed by atoms with Gasteiger partial charge in [-0.3, -0.25) is 9.59 Å². The van der Waals surface area contributed by atoms with Gasteiger partial charge >= 0.3 is 0 Å². The summed E-state index contributed by atoms with van der Waals surface area (Å²) >= 11 is 1.28. The second-order valence-corrected chi connectivity index (χ2v) is 9.01. The number of ketones is 1. The highest BCUT2D eigenvalue weighted by molar-refractivity contribution is 7.14. The summed E-state index contributed by atoms with van der Waals surface area (Å²) < 4.78 is 5.12. The fourth-order valence-corrected chi connectivity index (χ4v) is 4.64. The zero-order chi connectivity index (χ0) is 22.0. The Morgan fingerprint density at radius 2 is 1.93 bits per heavy atom. The van der Waals surface area contributed by atoms with Crippen LogP contribution in [0.2, 0.25) is 0 Å². The monoisotopic (exact) mass is 428 g/mol. The minimum atomic E-state index is -0.634. The number of nitrogens with zero attached hydrogens (tertiary/aromatic N) is 2. The summed E-state index contributed by atoms with van der Waals surface area (Å²) in [7, 11) is 1.60. The molecule has 0 aliphatic carbocycles. The Bertz CT molecular complexity index is 976. The van der Waals surface area contributed by atoms with Gasteiger partial charge in [-0.05, 0) is 37.3 Å². The topological polar surface area (TPSA) is 79.7 Å². The number of aliphatic hydroxyl groups excluding tert-OH is 1. The molecule has 160 valence electrons. The molecular formula is C23H28N2O4S. The first kappa shape index (κ1) is 22.2. The van der Waals surface area contributed by atoms with E-state index >= 15 is 0 Å². The summed E-state index contributed by atoms with van der Waals surface area (Å²) in [5, 5.41) is 11.5. The summed E-state index contributed by atoms with van der Waals surface area (Å²) in [4.78, 5) is 32.7. The van der Waals surface area contributed by atoms with Crippen LogP contribution in [0.4, 0.5) is 0 Å². The van der Waals surface area contributed by atoms with Gasteiger partial charge in [0.25, 0.3) is 5.91 Å². The number of carbonyl (C=O) groups is 2. The largest absolute Gasteiger partial charge is 0.503 e. The number of hydrogen-bond donors (Lipinski definition) is 1. The number of rotatable bonds is 8. The molecule has 1 unspecified atom stereocenters. The Labute approximate surface area is 181 Å². The van der Waals surface area contributed by atoms with Gasteiger partial charge in [0, 0.05) is 20.3 Å². The van der Waals surface area contributed by atoms with Crippen molar-refractivity contribution in [3.63, 3.8) is 0 Å². The molecule has 7 heteroatoms. The molecule has 0 saturated heterocycles. The Morgan fingerprint density at radius 1 is 1.27 bits per heavy atom. The highest BCUT2D eigenvalue weighted by atomic mass is 32.1. The minimum absolute atomic E-state index is 0.126. The van der Waals surface area contributed by atoms with Gasteiger partial charge in [0.2, 0.25) is 5.78 Å². The number of carbonyl (C=O) groups excluding carboxylic acids is 2. The van der Waals surface area contributed by atoms with Crippen molar-refractivity contribution in [3.8, 4) is 0 Å². The van der Waals surface area contributed by atoms with E-state index in [1.54, 1.807) is 18.9 Å². The van der Waals surface area contributed by atoms with Gasteiger partial charge in [-0.1, -0.05) is 38.1 Å². The van der Waals surface area contributed by atoms with E-state index in [2.05, 4.69) is 18.8 Å². The van der Waals surface area contributed by atoms with E-state index in [-0.39, 0.29) is 11.4 Å². The predicted octanol–water partition coefficient (Wildman–Crippen LogP) is 4.50. The summed E-state index contributed by atoms with van der Waals surface area (Å²) in [5.74, 6) is -0.960. The standard InChI is InChI=1S/C23H28N2O4S/c1-13(2)16-7-9-17(10-8-16)19-18(20(26)22-14(3)24-15(4)30-22)21(27)23(28)25(19)11-6-12-29-5/h7-10,13,19,27H,6,11-12H2,1-5H3. The Hall–Kier alpha value is -2.51. The van der Waals surface area contributed by atoms with E-state index in [0.29, 0.717) is 36.1 Å². The van der Waals surface area contributed by atoms with Crippen molar-refractivity contribution in [1.82, 2.24) is 9.88 Å². The smallest absolute Gasteiger partial charge is 0.290 e. The van der Waals surface area contributed by atoms with Crippen LogP contribution in [0.3, 0.4) is 0 Å². The summed E-state index contributed by atoms with van der Waals surface area (Å²) in [6, 6.07) is 7.26. The van der Waals surface area contributed by atoms with Crippen molar-refractivity contribution in [2.24, 2.45) is 0 Å². The van der Waals surface area contributed by atoms with Crippen LogP contribution < -0.4 is 0 Å². The molecule has 0 radical (unpaired) electrons. The molecule has 1 atom stereocenters. The summed E-state index contributed by atoms with van der Waals surface area (Å²) in [6.45, 7) is 8.70. The van der Waals surface area contributed by atoms with Crippen molar-refractivity contribution >= 4 is 23.0 Å². The highest BCUT2D eigenvalue weighted by Gasteiger charge is 2.44. The molecule has 1 aliphatic rings. The van der Waals surface area contributed by atoms with Gasteiger partial charge in [0.1, 0.15) is 0 Å². The van der Waals surface area contributed by atoms with Crippen LogP contribution in [-0.4, -0.2) is 46.9 Å². The number of methoxy groups -OCH3 is 1. The number of hydrogen-bond acceptors (Lipinski definition) is 6. The van der Waals surface area contributed by atoms with Crippen molar-refractivity contribution in [1.29, 1.82) is 0 Å². The zero-order valence-corrected chi connectivity index (χ0v) is 18.9. The second-order valence-electron chi connectivity index (χ2n) is 7.81. The number of amides is 1. The third kappa shape index (κ3) is 4.18. The van der Waals surface area contributed by atoms with E-state index in [1.165, 1.54) is 16.9 Å². The van der Waals surface area contributed by atoms with Gasteiger partial charge in [-0.25, -0.2) is 4.98 Å². The molecule has 6 nitrogen and oxygen atoms in total. The Morgan fingerprint density at radius 3 is 2.47 bits per heavy atom. The first-order valence-electron chi connectivity index (χ1n) is 10.1.